The highest BCUT2D eigenvalue weighted by molar-refractivity contribution is 5.65. The molecule has 3 heterocycles. The zero-order chi connectivity index (χ0) is 18.8. The molecule has 1 fully saturated rings. The molecular formula is C18H17FN6O2. The third kappa shape index (κ3) is 3.48. The van der Waals surface area contributed by atoms with Gasteiger partial charge in [0.05, 0.1) is 0 Å². The number of amides is 1. The number of carboxylic acid groups (broad SMARTS) is 1. The van der Waals surface area contributed by atoms with Gasteiger partial charge in [0, 0.05) is 37.0 Å². The van der Waals surface area contributed by atoms with E-state index in [-0.39, 0.29) is 11.7 Å². The highest BCUT2D eigenvalue weighted by Gasteiger charge is 2.28. The van der Waals surface area contributed by atoms with Crippen molar-refractivity contribution in [2.24, 2.45) is 0 Å². The summed E-state index contributed by atoms with van der Waals surface area (Å²) in [4.78, 5) is 25.7. The zero-order valence-electron chi connectivity index (χ0n) is 14.4. The van der Waals surface area contributed by atoms with E-state index in [1.165, 1.54) is 17.0 Å². The molecule has 1 amide bonds. The van der Waals surface area contributed by atoms with Crippen molar-refractivity contribution in [1.82, 2.24) is 29.6 Å². The van der Waals surface area contributed by atoms with Crippen LogP contribution in [-0.4, -0.2) is 53.9 Å². The summed E-state index contributed by atoms with van der Waals surface area (Å²) in [7, 11) is 0. The lowest BCUT2D eigenvalue weighted by Crippen LogP contribution is -2.37. The Hall–Kier alpha value is -3.36. The van der Waals surface area contributed by atoms with E-state index >= 15 is 0 Å². The lowest BCUT2D eigenvalue weighted by molar-refractivity contribution is 0.131. The minimum atomic E-state index is -0.909. The Balaban J connectivity index is 1.71. The lowest BCUT2D eigenvalue weighted by atomic mass is 9.96. The van der Waals surface area contributed by atoms with Crippen LogP contribution in [0.3, 0.4) is 0 Å². The summed E-state index contributed by atoms with van der Waals surface area (Å²) in [5, 5.41) is 13.7. The number of hydrogen-bond donors (Lipinski definition) is 1. The van der Waals surface area contributed by atoms with Gasteiger partial charge < -0.3 is 10.0 Å². The number of hydrogen-bond acceptors (Lipinski definition) is 5. The molecule has 1 aliphatic heterocycles. The Morgan fingerprint density at radius 3 is 2.41 bits per heavy atom. The molecule has 0 aliphatic carbocycles. The molecule has 0 spiro atoms. The average molecular weight is 368 g/mol. The molecule has 8 nitrogen and oxygen atoms in total. The van der Waals surface area contributed by atoms with E-state index in [2.05, 4.69) is 20.1 Å². The molecule has 0 saturated carbocycles. The maximum atomic E-state index is 13.2. The number of likely N-dealkylation sites (tertiary alicyclic amines) is 1. The minimum Gasteiger partial charge on any atom is -0.465 e. The Morgan fingerprint density at radius 2 is 1.78 bits per heavy atom. The number of halogens is 1. The largest absolute Gasteiger partial charge is 0.465 e. The molecule has 138 valence electrons. The molecule has 1 aliphatic rings. The molecule has 1 saturated heterocycles. The number of aromatic nitrogens is 5. The predicted molar refractivity (Wildman–Crippen MR) is 93.9 cm³/mol. The second-order valence-electron chi connectivity index (χ2n) is 6.30. The lowest BCUT2D eigenvalue weighted by Gasteiger charge is -2.29. The van der Waals surface area contributed by atoms with E-state index in [0.29, 0.717) is 49.1 Å². The molecule has 1 aromatic carbocycles. The van der Waals surface area contributed by atoms with Gasteiger partial charge >= 0.3 is 6.09 Å². The highest BCUT2D eigenvalue weighted by Crippen LogP contribution is 2.29. The average Bonchev–Trinajstić information content (AvgIpc) is 3.15. The van der Waals surface area contributed by atoms with Crippen molar-refractivity contribution in [3.8, 4) is 17.3 Å². The summed E-state index contributed by atoms with van der Waals surface area (Å²) in [6, 6.07) is 7.68. The topological polar surface area (TPSA) is 97.0 Å². The van der Waals surface area contributed by atoms with E-state index in [1.807, 2.05) is 0 Å². The number of piperidine rings is 1. The summed E-state index contributed by atoms with van der Waals surface area (Å²) in [5.41, 5.74) is 0.690. The first-order valence-corrected chi connectivity index (χ1v) is 8.60. The monoisotopic (exact) mass is 368 g/mol. The SMILES string of the molecule is O=C(O)N1CCC(c2nc(-c3ccc(F)cc3)nn2-c2ncccn2)CC1. The normalized spacial score (nSPS) is 15.1. The van der Waals surface area contributed by atoms with Crippen LogP contribution in [0.4, 0.5) is 9.18 Å². The Labute approximate surface area is 154 Å². The van der Waals surface area contributed by atoms with E-state index in [1.54, 1.807) is 35.3 Å². The molecule has 1 N–H and O–H groups in total. The third-order valence-corrected chi connectivity index (χ3v) is 4.61. The van der Waals surface area contributed by atoms with Gasteiger partial charge in [-0.1, -0.05) is 0 Å². The van der Waals surface area contributed by atoms with Crippen LogP contribution >= 0.6 is 0 Å². The Morgan fingerprint density at radius 1 is 1.11 bits per heavy atom. The molecule has 3 aromatic rings. The van der Waals surface area contributed by atoms with Crippen LogP contribution < -0.4 is 0 Å². The van der Waals surface area contributed by atoms with Crippen LogP contribution in [0.25, 0.3) is 17.3 Å². The molecule has 4 rings (SSSR count). The van der Waals surface area contributed by atoms with Crippen LogP contribution in [-0.2, 0) is 0 Å². The Kier molecular flexibility index (Phi) is 4.49. The Bertz CT molecular complexity index is 936. The first-order valence-electron chi connectivity index (χ1n) is 8.60. The highest BCUT2D eigenvalue weighted by atomic mass is 19.1. The summed E-state index contributed by atoms with van der Waals surface area (Å²) in [6.07, 6.45) is 3.62. The van der Waals surface area contributed by atoms with Crippen molar-refractivity contribution in [2.75, 3.05) is 13.1 Å². The minimum absolute atomic E-state index is 0.0334. The van der Waals surface area contributed by atoms with Gasteiger partial charge in [-0.2, -0.15) is 4.68 Å². The van der Waals surface area contributed by atoms with Crippen molar-refractivity contribution in [2.45, 2.75) is 18.8 Å². The van der Waals surface area contributed by atoms with E-state index in [9.17, 15) is 9.18 Å². The number of rotatable bonds is 3. The number of nitrogens with zero attached hydrogens (tertiary/aromatic N) is 6. The fraction of sp³-hybridized carbons (Fsp3) is 0.278. The van der Waals surface area contributed by atoms with Crippen molar-refractivity contribution in [3.63, 3.8) is 0 Å². The summed E-state index contributed by atoms with van der Waals surface area (Å²) >= 11 is 0. The number of benzene rings is 1. The fourth-order valence-corrected chi connectivity index (χ4v) is 3.19. The van der Waals surface area contributed by atoms with Gasteiger partial charge in [0.25, 0.3) is 5.95 Å². The van der Waals surface area contributed by atoms with Crippen LogP contribution in [0.5, 0.6) is 0 Å². The van der Waals surface area contributed by atoms with Gasteiger partial charge in [0.15, 0.2) is 5.82 Å². The van der Waals surface area contributed by atoms with Gasteiger partial charge in [-0.15, -0.1) is 5.10 Å². The maximum Gasteiger partial charge on any atom is 0.407 e. The summed E-state index contributed by atoms with van der Waals surface area (Å²) in [5.74, 6) is 1.25. The molecule has 9 heteroatoms. The molecule has 27 heavy (non-hydrogen) atoms. The van der Waals surface area contributed by atoms with Crippen molar-refractivity contribution in [3.05, 3.63) is 54.4 Å². The molecule has 2 aromatic heterocycles. The first kappa shape index (κ1) is 17.1. The molecule has 0 unspecified atom stereocenters. The van der Waals surface area contributed by atoms with Crippen molar-refractivity contribution < 1.29 is 14.3 Å². The predicted octanol–water partition coefficient (Wildman–Crippen LogP) is 2.72. The van der Waals surface area contributed by atoms with E-state index in [0.717, 1.165) is 0 Å². The number of carbonyl (C=O) groups is 1. The quantitative estimate of drug-likeness (QED) is 0.763. The van der Waals surface area contributed by atoms with Crippen molar-refractivity contribution >= 4 is 6.09 Å². The van der Waals surface area contributed by atoms with Crippen LogP contribution in [0.2, 0.25) is 0 Å². The van der Waals surface area contributed by atoms with Gasteiger partial charge in [-0.05, 0) is 43.2 Å². The first-order chi connectivity index (χ1) is 13.1. The summed E-state index contributed by atoms with van der Waals surface area (Å²) in [6.45, 7) is 0.878. The van der Waals surface area contributed by atoms with Gasteiger partial charge in [0.2, 0.25) is 0 Å². The smallest absolute Gasteiger partial charge is 0.407 e. The summed E-state index contributed by atoms with van der Waals surface area (Å²) < 4.78 is 14.8. The molecular weight excluding hydrogens is 351 g/mol. The second-order valence-corrected chi connectivity index (χ2v) is 6.30. The fourth-order valence-electron chi connectivity index (χ4n) is 3.19. The third-order valence-electron chi connectivity index (χ3n) is 4.61. The van der Waals surface area contributed by atoms with Crippen LogP contribution in [0.1, 0.15) is 24.6 Å². The van der Waals surface area contributed by atoms with E-state index in [4.69, 9.17) is 5.11 Å². The van der Waals surface area contributed by atoms with E-state index < -0.39 is 6.09 Å². The maximum absolute atomic E-state index is 13.2. The standard InChI is InChI=1S/C18H17FN6O2/c19-14-4-2-12(3-5-14)15-22-16(13-6-10-24(11-7-13)18(26)27)25(23-15)17-20-8-1-9-21-17/h1-5,8-9,13H,6-7,10-11H2,(H,26,27). The van der Waals surface area contributed by atoms with Crippen LogP contribution in [0.15, 0.2) is 42.7 Å². The molecule has 0 radical (unpaired) electrons. The van der Waals surface area contributed by atoms with Gasteiger partial charge in [-0.3, -0.25) is 0 Å². The molecule has 0 atom stereocenters. The second kappa shape index (κ2) is 7.10. The van der Waals surface area contributed by atoms with Crippen molar-refractivity contribution in [1.29, 1.82) is 0 Å². The zero-order valence-corrected chi connectivity index (χ0v) is 14.4. The van der Waals surface area contributed by atoms with Crippen LogP contribution in [0, 0.1) is 5.82 Å². The van der Waals surface area contributed by atoms with Gasteiger partial charge in [0.1, 0.15) is 11.6 Å². The van der Waals surface area contributed by atoms with Gasteiger partial charge in [-0.25, -0.2) is 24.1 Å². The molecule has 0 bridgehead atoms.